The molecule has 172 valence electrons. The molecule has 1 fully saturated rings. The number of hydrogen-bond donors (Lipinski definition) is 1. The van der Waals surface area contributed by atoms with Crippen molar-refractivity contribution in [3.63, 3.8) is 0 Å². The largest absolute Gasteiger partial charge is 0.493 e. The number of fused-ring (bicyclic) bond motifs is 1. The lowest BCUT2D eigenvalue weighted by atomic mass is 9.78. The number of ether oxygens (including phenoxy) is 1. The van der Waals surface area contributed by atoms with Gasteiger partial charge >= 0.3 is 5.97 Å². The Hall–Kier alpha value is -3.48. The van der Waals surface area contributed by atoms with Gasteiger partial charge in [0.25, 0.3) is 11.8 Å². The highest BCUT2D eigenvalue weighted by atomic mass is 16.5. The van der Waals surface area contributed by atoms with Gasteiger partial charge in [-0.05, 0) is 48.9 Å². The van der Waals surface area contributed by atoms with Gasteiger partial charge in [0.1, 0.15) is 5.75 Å². The van der Waals surface area contributed by atoms with Crippen LogP contribution in [0.4, 0.5) is 0 Å². The van der Waals surface area contributed by atoms with Crippen molar-refractivity contribution in [2.45, 2.75) is 38.5 Å². The van der Waals surface area contributed by atoms with Gasteiger partial charge in [-0.2, -0.15) is 0 Å². The number of ketones is 1. The summed E-state index contributed by atoms with van der Waals surface area (Å²) in [5, 5.41) is 9.16. The van der Waals surface area contributed by atoms with Crippen LogP contribution in [-0.4, -0.2) is 46.7 Å². The molecule has 33 heavy (non-hydrogen) atoms. The third kappa shape index (κ3) is 5.13. The van der Waals surface area contributed by atoms with Gasteiger partial charge in [0, 0.05) is 24.9 Å². The van der Waals surface area contributed by atoms with E-state index in [-0.39, 0.29) is 48.8 Å². The topological polar surface area (TPSA) is 101 Å². The molecule has 2 aromatic rings. The zero-order chi connectivity index (χ0) is 23.4. The van der Waals surface area contributed by atoms with Crippen molar-refractivity contribution in [3.05, 3.63) is 65.2 Å². The Labute approximate surface area is 192 Å². The number of rotatable bonds is 9. The Bertz CT molecular complexity index is 1040. The zero-order valence-corrected chi connectivity index (χ0v) is 18.4. The smallest absolute Gasteiger partial charge is 0.303 e. The molecule has 2 atom stereocenters. The van der Waals surface area contributed by atoms with E-state index in [1.807, 2.05) is 0 Å². The molecule has 0 aromatic heterocycles. The van der Waals surface area contributed by atoms with Crippen molar-refractivity contribution in [2.24, 2.45) is 11.8 Å². The first-order valence-electron chi connectivity index (χ1n) is 11.4. The number of carbonyl (C=O) groups excluding carboxylic acids is 3. The minimum Gasteiger partial charge on any atom is -0.493 e. The fraction of sp³-hybridized carbons (Fsp3) is 0.385. The van der Waals surface area contributed by atoms with E-state index in [1.165, 1.54) is 0 Å². The molecule has 1 saturated carbocycles. The number of nitrogens with zero attached hydrogens (tertiary/aromatic N) is 1. The van der Waals surface area contributed by atoms with Crippen molar-refractivity contribution >= 4 is 23.6 Å². The van der Waals surface area contributed by atoms with Gasteiger partial charge in [0.15, 0.2) is 5.78 Å². The van der Waals surface area contributed by atoms with Crippen molar-refractivity contribution in [3.8, 4) is 5.75 Å². The lowest BCUT2D eigenvalue weighted by molar-refractivity contribution is -0.139. The molecule has 1 aliphatic heterocycles. The minimum atomic E-state index is -0.780. The molecule has 7 nitrogen and oxygen atoms in total. The first-order chi connectivity index (χ1) is 15.9. The summed E-state index contributed by atoms with van der Waals surface area (Å²) in [7, 11) is 0. The third-order valence-electron chi connectivity index (χ3n) is 6.56. The molecule has 0 bridgehead atoms. The van der Waals surface area contributed by atoms with E-state index in [0.717, 1.165) is 30.6 Å². The van der Waals surface area contributed by atoms with Crippen molar-refractivity contribution in [1.29, 1.82) is 0 Å². The van der Waals surface area contributed by atoms with Crippen LogP contribution < -0.4 is 4.74 Å². The molecule has 7 heteroatoms. The van der Waals surface area contributed by atoms with Gasteiger partial charge in [-0.3, -0.25) is 24.1 Å². The van der Waals surface area contributed by atoms with Gasteiger partial charge in [0.2, 0.25) is 0 Å². The molecule has 2 amide bonds. The molecule has 0 unspecified atom stereocenters. The maximum absolute atomic E-state index is 12.7. The van der Waals surface area contributed by atoms with Gasteiger partial charge in [-0.25, -0.2) is 0 Å². The quantitative estimate of drug-likeness (QED) is 0.454. The summed E-state index contributed by atoms with van der Waals surface area (Å²) < 4.78 is 5.94. The summed E-state index contributed by atoms with van der Waals surface area (Å²) in [4.78, 5) is 50.0. The number of carboxylic acid groups (broad SMARTS) is 1. The van der Waals surface area contributed by atoms with Crippen LogP contribution in [0.3, 0.4) is 0 Å². The highest BCUT2D eigenvalue weighted by Crippen LogP contribution is 2.33. The van der Waals surface area contributed by atoms with Crippen LogP contribution in [0.2, 0.25) is 0 Å². The predicted octanol–water partition coefficient (Wildman–Crippen LogP) is 4.22. The standard InChI is InChI=1S/C26H27NO6/c28-23(12-13-27-25(31)21-10-3-4-11-22(21)26(27)32)18-8-5-9-20(14-18)33-16-19-7-2-1-6-17(19)15-24(29)30/h3-5,8-11,14,17,19H,1-2,6-7,12-13,15-16H2,(H,29,30)/t17-,19+/m0/s1. The number of benzene rings is 2. The van der Waals surface area contributed by atoms with E-state index in [2.05, 4.69) is 0 Å². The van der Waals surface area contributed by atoms with Crippen molar-refractivity contribution < 1.29 is 29.0 Å². The van der Waals surface area contributed by atoms with Crippen LogP contribution in [0, 0.1) is 11.8 Å². The average molecular weight is 450 g/mol. The summed E-state index contributed by atoms with van der Waals surface area (Å²) in [6, 6.07) is 13.5. The van der Waals surface area contributed by atoms with Gasteiger partial charge in [0.05, 0.1) is 17.7 Å². The van der Waals surface area contributed by atoms with E-state index in [1.54, 1.807) is 48.5 Å². The molecule has 0 spiro atoms. The van der Waals surface area contributed by atoms with Crippen molar-refractivity contribution in [2.75, 3.05) is 13.2 Å². The number of hydrogen-bond acceptors (Lipinski definition) is 5. The third-order valence-corrected chi connectivity index (χ3v) is 6.56. The van der Waals surface area contributed by atoms with E-state index in [4.69, 9.17) is 9.84 Å². The number of carbonyl (C=O) groups is 4. The lowest BCUT2D eigenvalue weighted by Gasteiger charge is -2.30. The van der Waals surface area contributed by atoms with E-state index in [0.29, 0.717) is 29.0 Å². The van der Waals surface area contributed by atoms with Crippen molar-refractivity contribution in [1.82, 2.24) is 4.90 Å². The molecule has 0 saturated heterocycles. The molecule has 4 rings (SSSR count). The molecule has 2 aromatic carbocycles. The maximum atomic E-state index is 12.7. The molecular weight excluding hydrogens is 422 g/mol. The SMILES string of the molecule is O=C(O)C[C@@H]1CCCC[C@@H]1COc1cccc(C(=O)CCN2C(=O)c3ccccc3C2=O)c1. The molecule has 2 aliphatic rings. The summed E-state index contributed by atoms with van der Waals surface area (Å²) in [5.41, 5.74) is 1.19. The van der Waals surface area contributed by atoms with Gasteiger partial charge < -0.3 is 9.84 Å². The predicted molar refractivity (Wildman–Crippen MR) is 120 cm³/mol. The molecular formula is C26H27NO6. The van der Waals surface area contributed by atoms with Crippen LogP contribution in [0.15, 0.2) is 48.5 Å². The highest BCUT2D eigenvalue weighted by molar-refractivity contribution is 6.21. The van der Waals surface area contributed by atoms with Crippen LogP contribution in [0.25, 0.3) is 0 Å². The van der Waals surface area contributed by atoms with Crippen LogP contribution in [0.5, 0.6) is 5.75 Å². The Morgan fingerprint density at radius 3 is 2.27 bits per heavy atom. The van der Waals surface area contributed by atoms with Crippen LogP contribution in [0.1, 0.15) is 69.6 Å². The van der Waals surface area contributed by atoms with Crippen LogP contribution >= 0.6 is 0 Å². The normalized spacial score (nSPS) is 19.9. The van der Waals surface area contributed by atoms with E-state index < -0.39 is 5.97 Å². The zero-order valence-electron chi connectivity index (χ0n) is 18.4. The number of amides is 2. The number of Topliss-reactive ketones (excluding diaryl/α,β-unsaturated/α-hetero) is 1. The van der Waals surface area contributed by atoms with Gasteiger partial charge in [-0.15, -0.1) is 0 Å². The molecule has 1 aliphatic carbocycles. The Morgan fingerprint density at radius 1 is 0.939 bits per heavy atom. The second kappa shape index (κ2) is 9.98. The molecule has 1 N–H and O–H groups in total. The first kappa shape index (κ1) is 22.7. The number of aliphatic carboxylic acids is 1. The summed E-state index contributed by atoms with van der Waals surface area (Å²) in [5.74, 6) is -0.853. The van der Waals surface area contributed by atoms with E-state index >= 15 is 0 Å². The molecule has 1 heterocycles. The monoisotopic (exact) mass is 449 g/mol. The van der Waals surface area contributed by atoms with Gasteiger partial charge in [-0.1, -0.05) is 37.1 Å². The maximum Gasteiger partial charge on any atom is 0.303 e. The van der Waals surface area contributed by atoms with E-state index in [9.17, 15) is 19.2 Å². The fourth-order valence-corrected chi connectivity index (χ4v) is 4.76. The Morgan fingerprint density at radius 2 is 1.61 bits per heavy atom. The second-order valence-electron chi connectivity index (χ2n) is 8.72. The Kier molecular flexibility index (Phi) is 6.87. The highest BCUT2D eigenvalue weighted by Gasteiger charge is 2.35. The second-order valence-corrected chi connectivity index (χ2v) is 8.72. The summed E-state index contributed by atoms with van der Waals surface area (Å²) in [6.07, 6.45) is 4.14. The number of carboxylic acids is 1. The summed E-state index contributed by atoms with van der Waals surface area (Å²) >= 11 is 0. The lowest BCUT2D eigenvalue weighted by Crippen LogP contribution is -2.31. The Balaban J connectivity index is 1.34. The minimum absolute atomic E-state index is 0.0230. The average Bonchev–Trinajstić information content (AvgIpc) is 3.06. The van der Waals surface area contributed by atoms with Crippen LogP contribution in [-0.2, 0) is 4.79 Å². The molecule has 0 radical (unpaired) electrons. The first-order valence-corrected chi connectivity index (χ1v) is 11.4. The number of imide groups is 1. The fourth-order valence-electron chi connectivity index (χ4n) is 4.76. The summed E-state index contributed by atoms with van der Waals surface area (Å²) in [6.45, 7) is 0.444.